The summed E-state index contributed by atoms with van der Waals surface area (Å²) in [7, 11) is 1.52. The number of thiophene rings is 1. The van der Waals surface area contributed by atoms with Gasteiger partial charge in [0.25, 0.3) is 0 Å². The predicted molar refractivity (Wildman–Crippen MR) is 177 cm³/mol. The number of amides is 1. The number of carbonyl (C=O) groups excluding carboxylic acids is 3. The van der Waals surface area contributed by atoms with E-state index in [1.165, 1.54) is 36.2 Å². The van der Waals surface area contributed by atoms with Crippen LogP contribution >= 0.6 is 11.3 Å². The molecular formula is C36H38N2O7S. The first-order chi connectivity index (χ1) is 22.4. The average Bonchev–Trinajstić information content (AvgIpc) is 3.80. The van der Waals surface area contributed by atoms with Crippen molar-refractivity contribution in [2.24, 2.45) is 0 Å². The van der Waals surface area contributed by atoms with Crippen molar-refractivity contribution >= 4 is 39.1 Å². The van der Waals surface area contributed by atoms with Gasteiger partial charge in [-0.1, -0.05) is 12.1 Å². The summed E-state index contributed by atoms with van der Waals surface area (Å²) in [6.45, 7) is 5.93. The molecule has 2 aliphatic heterocycles. The highest BCUT2D eigenvalue weighted by Crippen LogP contribution is 2.42. The third-order valence-electron chi connectivity index (χ3n) is 8.67. The van der Waals surface area contributed by atoms with Crippen LogP contribution in [0.4, 0.5) is 0 Å². The number of rotatable bonds is 12. The van der Waals surface area contributed by atoms with Crippen molar-refractivity contribution in [1.82, 2.24) is 9.80 Å². The largest absolute Gasteiger partial charge is 0.508 e. The Bertz CT molecular complexity index is 1740. The average molecular weight is 643 g/mol. The van der Waals surface area contributed by atoms with Crippen LogP contribution in [0.5, 0.6) is 17.2 Å². The second-order valence-corrected chi connectivity index (χ2v) is 12.6. The lowest BCUT2D eigenvalue weighted by molar-refractivity contribution is -0.151. The van der Waals surface area contributed by atoms with Gasteiger partial charge in [-0.05, 0) is 93.4 Å². The van der Waals surface area contributed by atoms with E-state index in [0.717, 1.165) is 45.9 Å². The van der Waals surface area contributed by atoms with Crippen LogP contribution in [0.15, 0.2) is 60.7 Å². The van der Waals surface area contributed by atoms with E-state index in [1.807, 2.05) is 24.3 Å². The maximum absolute atomic E-state index is 14.3. The fourth-order valence-corrected chi connectivity index (χ4v) is 7.51. The summed E-state index contributed by atoms with van der Waals surface area (Å²) in [5.41, 5.74) is 2.52. The first kappa shape index (κ1) is 31.6. The molecule has 1 aromatic heterocycles. The zero-order chi connectivity index (χ0) is 32.2. The van der Waals surface area contributed by atoms with E-state index < -0.39 is 12.0 Å². The number of phenols is 1. The summed E-state index contributed by atoms with van der Waals surface area (Å²) in [5.74, 6) is 0.623. The Morgan fingerprint density at radius 2 is 1.80 bits per heavy atom. The van der Waals surface area contributed by atoms with Crippen LogP contribution in [0.2, 0.25) is 0 Å². The van der Waals surface area contributed by atoms with Gasteiger partial charge in [-0.25, -0.2) is 4.79 Å². The summed E-state index contributed by atoms with van der Waals surface area (Å²) in [5, 5.41) is 10.9. The fraction of sp³-hybridized carbons (Fsp3) is 0.361. The van der Waals surface area contributed by atoms with Gasteiger partial charge >= 0.3 is 5.97 Å². The van der Waals surface area contributed by atoms with Crippen molar-refractivity contribution in [3.63, 3.8) is 0 Å². The molecule has 9 nitrogen and oxygen atoms in total. The van der Waals surface area contributed by atoms with Crippen LogP contribution in [-0.4, -0.2) is 78.6 Å². The number of carbonyl (C=O) groups is 3. The Hall–Kier alpha value is -4.41. The molecule has 2 saturated heterocycles. The molecule has 10 heteroatoms. The highest BCUT2D eigenvalue weighted by atomic mass is 32.1. The minimum Gasteiger partial charge on any atom is -0.508 e. The number of fused-ring (bicyclic) bond motifs is 1. The number of aromatic hydroxyl groups is 1. The van der Waals surface area contributed by atoms with E-state index in [9.17, 15) is 19.5 Å². The third kappa shape index (κ3) is 6.59. The van der Waals surface area contributed by atoms with E-state index >= 15 is 0 Å². The van der Waals surface area contributed by atoms with E-state index in [1.54, 1.807) is 43.3 Å². The number of methoxy groups -OCH3 is 1. The van der Waals surface area contributed by atoms with Crippen molar-refractivity contribution in [3.8, 4) is 27.7 Å². The smallest absolute Gasteiger partial charge is 0.328 e. The SMILES string of the molecule is CCOC(=O)C1CCC(=O)N1Cc1ccc(C(=O)c2c(-c3ccc(OCCN4CCCC4)cc3)sc3cc(O)ccc23)cc1OC. The minimum absolute atomic E-state index is 0.124. The number of hydrogen-bond acceptors (Lipinski definition) is 9. The van der Waals surface area contributed by atoms with Crippen LogP contribution < -0.4 is 9.47 Å². The molecule has 0 spiro atoms. The molecule has 4 aromatic rings. The number of hydrogen-bond donors (Lipinski definition) is 1. The number of ether oxygens (including phenoxy) is 3. The first-order valence-corrected chi connectivity index (χ1v) is 16.6. The molecule has 0 radical (unpaired) electrons. The van der Waals surface area contributed by atoms with E-state index in [4.69, 9.17) is 14.2 Å². The summed E-state index contributed by atoms with van der Waals surface area (Å²) in [6, 6.07) is 17.3. The van der Waals surface area contributed by atoms with E-state index in [0.29, 0.717) is 35.5 Å². The third-order valence-corrected chi connectivity index (χ3v) is 9.87. The summed E-state index contributed by atoms with van der Waals surface area (Å²) >= 11 is 1.45. The first-order valence-electron chi connectivity index (χ1n) is 15.7. The molecule has 1 atom stereocenters. The molecule has 1 N–H and O–H groups in total. The minimum atomic E-state index is -0.642. The molecule has 2 fully saturated rings. The molecule has 1 unspecified atom stereocenters. The summed E-state index contributed by atoms with van der Waals surface area (Å²) < 4.78 is 17.7. The van der Waals surface area contributed by atoms with Crippen LogP contribution in [0, 0.1) is 0 Å². The molecular weight excluding hydrogens is 604 g/mol. The number of phenolic OH excluding ortho intramolecular Hbond substituents is 1. The standard InChI is InChI=1S/C36H38N2O7S/c1-3-44-36(42)29-14-15-32(40)38(29)22-25-7-6-24(20-30(25)43-2)34(41)33-28-13-10-26(39)21-31(28)46-35(33)23-8-11-27(12-9-23)45-19-18-37-16-4-5-17-37/h6-13,20-21,29,39H,3-5,14-19,22H2,1-2H3. The van der Waals surface area contributed by atoms with Gasteiger partial charge in [0.2, 0.25) is 5.91 Å². The molecule has 46 heavy (non-hydrogen) atoms. The Morgan fingerprint density at radius 1 is 1.02 bits per heavy atom. The highest BCUT2D eigenvalue weighted by Gasteiger charge is 2.37. The lowest BCUT2D eigenvalue weighted by atomic mass is 9.96. The molecule has 3 aromatic carbocycles. The molecule has 240 valence electrons. The second kappa shape index (κ2) is 13.9. The van der Waals surface area contributed by atoms with Crippen LogP contribution in [0.1, 0.15) is 54.1 Å². The quantitative estimate of drug-likeness (QED) is 0.147. The van der Waals surface area contributed by atoms with Crippen molar-refractivity contribution in [1.29, 1.82) is 0 Å². The zero-order valence-corrected chi connectivity index (χ0v) is 26.9. The van der Waals surface area contributed by atoms with Gasteiger partial charge in [-0.15, -0.1) is 11.3 Å². The van der Waals surface area contributed by atoms with E-state index in [-0.39, 0.29) is 37.0 Å². The van der Waals surface area contributed by atoms with Crippen molar-refractivity contribution in [2.75, 3.05) is 40.0 Å². The molecule has 0 saturated carbocycles. The number of nitrogens with zero attached hydrogens (tertiary/aromatic N) is 2. The van der Waals surface area contributed by atoms with E-state index in [2.05, 4.69) is 4.90 Å². The van der Waals surface area contributed by atoms with Gasteiger partial charge in [0.1, 0.15) is 29.9 Å². The molecule has 1 amide bonds. The normalized spacial score (nSPS) is 16.7. The molecule has 3 heterocycles. The maximum Gasteiger partial charge on any atom is 0.328 e. The number of benzene rings is 3. The van der Waals surface area contributed by atoms with Gasteiger partial charge < -0.3 is 24.2 Å². The summed E-state index contributed by atoms with van der Waals surface area (Å²) in [4.78, 5) is 44.1. The van der Waals surface area contributed by atoms with Crippen LogP contribution in [0.25, 0.3) is 20.5 Å². The van der Waals surface area contributed by atoms with Crippen LogP contribution in [0.3, 0.4) is 0 Å². The molecule has 6 rings (SSSR count). The highest BCUT2D eigenvalue weighted by molar-refractivity contribution is 7.22. The monoisotopic (exact) mass is 642 g/mol. The number of ketones is 1. The van der Waals surface area contributed by atoms with Gasteiger partial charge in [-0.3, -0.25) is 14.5 Å². The summed E-state index contributed by atoms with van der Waals surface area (Å²) in [6.07, 6.45) is 3.18. The Balaban J connectivity index is 1.27. The van der Waals surface area contributed by atoms with Gasteiger partial charge in [-0.2, -0.15) is 0 Å². The second-order valence-electron chi connectivity index (χ2n) is 11.6. The van der Waals surface area contributed by atoms with Gasteiger partial charge in [0.15, 0.2) is 5.78 Å². The zero-order valence-electron chi connectivity index (χ0n) is 26.1. The lowest BCUT2D eigenvalue weighted by Gasteiger charge is -2.24. The van der Waals surface area contributed by atoms with Gasteiger partial charge in [0.05, 0.1) is 20.3 Å². The Morgan fingerprint density at radius 3 is 2.54 bits per heavy atom. The van der Waals surface area contributed by atoms with Crippen molar-refractivity contribution in [2.45, 2.75) is 45.2 Å². The number of esters is 1. The Kier molecular flexibility index (Phi) is 9.56. The molecule has 0 aliphatic carbocycles. The van der Waals surface area contributed by atoms with Crippen LogP contribution in [-0.2, 0) is 20.9 Å². The number of likely N-dealkylation sites (tertiary alicyclic amines) is 2. The topological polar surface area (TPSA) is 106 Å². The molecule has 2 aliphatic rings. The van der Waals surface area contributed by atoms with Crippen molar-refractivity contribution in [3.05, 3.63) is 77.4 Å². The predicted octanol–water partition coefficient (Wildman–Crippen LogP) is 6.04. The maximum atomic E-state index is 14.3. The Labute approximate surface area is 272 Å². The van der Waals surface area contributed by atoms with Gasteiger partial charge in [0, 0.05) is 44.6 Å². The molecule has 0 bridgehead atoms. The van der Waals surface area contributed by atoms with Crippen molar-refractivity contribution < 1.29 is 33.7 Å². The fourth-order valence-electron chi connectivity index (χ4n) is 6.27. The lowest BCUT2D eigenvalue weighted by Crippen LogP contribution is -2.39.